The molecule has 0 unspecified atom stereocenters. The highest BCUT2D eigenvalue weighted by atomic mass is 32.1. The summed E-state index contributed by atoms with van der Waals surface area (Å²) in [6, 6.07) is 8.67. The minimum Gasteiger partial charge on any atom is -0.344 e. The van der Waals surface area contributed by atoms with Gasteiger partial charge in [-0.15, -0.1) is 5.10 Å². The molecule has 1 aromatic carbocycles. The topological polar surface area (TPSA) is 36.7 Å². The predicted octanol–water partition coefficient (Wildman–Crippen LogP) is 2.73. The number of hydrogen-bond acceptors (Lipinski definition) is 5. The maximum absolute atomic E-state index is 4.66. The average Bonchev–Trinajstić information content (AvgIpc) is 3.08. The average molecular weight is 327 g/mol. The van der Waals surface area contributed by atoms with E-state index in [0.29, 0.717) is 0 Å². The number of benzene rings is 1. The zero-order chi connectivity index (χ0) is 15.8. The molecule has 5 nitrogen and oxygen atoms in total. The van der Waals surface area contributed by atoms with Gasteiger partial charge in [0.1, 0.15) is 0 Å². The number of rotatable bonds is 3. The molecule has 0 spiro atoms. The highest BCUT2D eigenvalue weighted by Gasteiger charge is 2.20. The molecule has 23 heavy (non-hydrogen) atoms. The zero-order valence-corrected chi connectivity index (χ0v) is 14.4. The molecule has 3 heterocycles. The highest BCUT2D eigenvalue weighted by molar-refractivity contribution is 7.20. The second-order valence-electron chi connectivity index (χ2n) is 6.18. The Morgan fingerprint density at radius 2 is 1.87 bits per heavy atom. The van der Waals surface area contributed by atoms with Crippen molar-refractivity contribution in [3.63, 3.8) is 0 Å². The van der Waals surface area contributed by atoms with Crippen molar-refractivity contribution in [1.29, 1.82) is 0 Å². The van der Waals surface area contributed by atoms with Crippen LogP contribution in [0.15, 0.2) is 30.5 Å². The first-order valence-electron chi connectivity index (χ1n) is 8.04. The predicted molar refractivity (Wildman–Crippen MR) is 94.3 cm³/mol. The molecule has 4 rings (SSSR count). The van der Waals surface area contributed by atoms with Gasteiger partial charge < -0.3 is 4.90 Å². The molecule has 0 aliphatic carbocycles. The van der Waals surface area contributed by atoms with Crippen LogP contribution >= 0.6 is 11.3 Å². The van der Waals surface area contributed by atoms with Gasteiger partial charge in [-0.2, -0.15) is 0 Å². The molecule has 0 N–H and O–H groups in total. The SMILES string of the molecule is Cc1cn2nc(N3CCN(Cc4ccccc4C)CC3)sc2n1. The fraction of sp³-hybridized carbons (Fsp3) is 0.412. The van der Waals surface area contributed by atoms with Crippen molar-refractivity contribution in [3.8, 4) is 0 Å². The molecule has 0 saturated carbocycles. The second-order valence-corrected chi connectivity index (χ2v) is 7.12. The molecule has 1 aliphatic rings. The van der Waals surface area contributed by atoms with E-state index in [2.05, 4.69) is 51.1 Å². The molecule has 1 saturated heterocycles. The van der Waals surface area contributed by atoms with Gasteiger partial charge in [-0.3, -0.25) is 4.90 Å². The van der Waals surface area contributed by atoms with E-state index < -0.39 is 0 Å². The summed E-state index contributed by atoms with van der Waals surface area (Å²) in [5, 5.41) is 5.75. The molecule has 0 bridgehead atoms. The number of piperazine rings is 1. The third-order valence-corrected chi connectivity index (χ3v) is 5.43. The molecule has 2 aromatic heterocycles. The summed E-state index contributed by atoms with van der Waals surface area (Å²) in [7, 11) is 0. The van der Waals surface area contributed by atoms with Crippen LogP contribution in [0.5, 0.6) is 0 Å². The Morgan fingerprint density at radius 1 is 1.09 bits per heavy atom. The Bertz CT molecular complexity index is 782. The number of imidazole rings is 1. The number of hydrogen-bond donors (Lipinski definition) is 0. The zero-order valence-electron chi connectivity index (χ0n) is 13.6. The Hall–Kier alpha value is -1.92. The monoisotopic (exact) mass is 327 g/mol. The van der Waals surface area contributed by atoms with Crippen LogP contribution in [-0.4, -0.2) is 45.7 Å². The lowest BCUT2D eigenvalue weighted by Gasteiger charge is -2.34. The number of fused-ring (bicyclic) bond motifs is 1. The molecule has 0 atom stereocenters. The lowest BCUT2D eigenvalue weighted by molar-refractivity contribution is 0.249. The number of nitrogens with zero attached hydrogens (tertiary/aromatic N) is 5. The normalized spacial score (nSPS) is 16.3. The fourth-order valence-corrected chi connectivity index (χ4v) is 4.03. The van der Waals surface area contributed by atoms with Crippen LogP contribution in [0, 0.1) is 13.8 Å². The quantitative estimate of drug-likeness (QED) is 0.741. The van der Waals surface area contributed by atoms with Crippen molar-refractivity contribution in [1.82, 2.24) is 19.5 Å². The first kappa shape index (κ1) is 14.7. The standard InChI is InChI=1S/C17H21N5S/c1-13-5-3-4-6-15(13)12-20-7-9-21(10-8-20)17-19-22-11-14(2)18-16(22)23-17/h3-6,11H,7-10,12H2,1-2H3. The number of anilines is 1. The van der Waals surface area contributed by atoms with E-state index >= 15 is 0 Å². The van der Waals surface area contributed by atoms with E-state index in [-0.39, 0.29) is 0 Å². The Labute approximate surface area is 140 Å². The fourth-order valence-electron chi connectivity index (χ4n) is 3.05. The van der Waals surface area contributed by atoms with Crippen molar-refractivity contribution in [3.05, 3.63) is 47.3 Å². The summed E-state index contributed by atoms with van der Waals surface area (Å²) in [5.41, 5.74) is 3.84. The lowest BCUT2D eigenvalue weighted by atomic mass is 10.1. The van der Waals surface area contributed by atoms with Crippen molar-refractivity contribution < 1.29 is 0 Å². The van der Waals surface area contributed by atoms with Gasteiger partial charge in [0, 0.05) is 32.7 Å². The Balaban J connectivity index is 1.40. The van der Waals surface area contributed by atoms with E-state index in [9.17, 15) is 0 Å². The van der Waals surface area contributed by atoms with Crippen LogP contribution in [0.2, 0.25) is 0 Å². The van der Waals surface area contributed by atoms with Crippen molar-refractivity contribution >= 4 is 21.4 Å². The van der Waals surface area contributed by atoms with Crippen molar-refractivity contribution in [2.75, 3.05) is 31.1 Å². The van der Waals surface area contributed by atoms with E-state index in [0.717, 1.165) is 48.5 Å². The summed E-state index contributed by atoms with van der Waals surface area (Å²) in [4.78, 5) is 10.4. The first-order valence-corrected chi connectivity index (χ1v) is 8.85. The summed E-state index contributed by atoms with van der Waals surface area (Å²) >= 11 is 1.68. The molecular weight excluding hydrogens is 306 g/mol. The molecule has 1 fully saturated rings. The van der Waals surface area contributed by atoms with Gasteiger partial charge in [0.05, 0.1) is 11.9 Å². The highest BCUT2D eigenvalue weighted by Crippen LogP contribution is 2.24. The Kier molecular flexibility index (Phi) is 3.79. The van der Waals surface area contributed by atoms with Crippen LogP contribution in [0.4, 0.5) is 5.13 Å². The Morgan fingerprint density at radius 3 is 2.61 bits per heavy atom. The molecule has 3 aromatic rings. The number of aromatic nitrogens is 3. The van der Waals surface area contributed by atoms with Crippen LogP contribution in [0.3, 0.4) is 0 Å². The molecule has 0 amide bonds. The minimum atomic E-state index is 0.986. The molecule has 1 aliphatic heterocycles. The van der Waals surface area contributed by atoms with E-state index in [1.165, 1.54) is 11.1 Å². The van der Waals surface area contributed by atoms with Gasteiger partial charge in [-0.05, 0) is 25.0 Å². The van der Waals surface area contributed by atoms with Gasteiger partial charge in [-0.1, -0.05) is 35.6 Å². The van der Waals surface area contributed by atoms with Crippen molar-refractivity contribution in [2.24, 2.45) is 0 Å². The van der Waals surface area contributed by atoms with Crippen molar-refractivity contribution in [2.45, 2.75) is 20.4 Å². The van der Waals surface area contributed by atoms with Crippen LogP contribution in [-0.2, 0) is 6.54 Å². The van der Waals surface area contributed by atoms with Gasteiger partial charge in [0.15, 0.2) is 0 Å². The molecule has 0 radical (unpaired) electrons. The third-order valence-electron chi connectivity index (χ3n) is 4.45. The molecule has 120 valence electrons. The lowest BCUT2D eigenvalue weighted by Crippen LogP contribution is -2.46. The third kappa shape index (κ3) is 2.96. The molecule has 6 heteroatoms. The van der Waals surface area contributed by atoms with Gasteiger partial charge >= 0.3 is 0 Å². The molecular formula is C17H21N5S. The van der Waals surface area contributed by atoms with Gasteiger partial charge in [-0.25, -0.2) is 9.50 Å². The summed E-state index contributed by atoms with van der Waals surface area (Å²) in [6.07, 6.45) is 1.99. The van der Waals surface area contributed by atoms with E-state index in [1.54, 1.807) is 11.3 Å². The van der Waals surface area contributed by atoms with E-state index in [4.69, 9.17) is 0 Å². The van der Waals surface area contributed by atoms with E-state index in [1.807, 2.05) is 17.6 Å². The largest absolute Gasteiger partial charge is 0.344 e. The maximum Gasteiger partial charge on any atom is 0.214 e. The van der Waals surface area contributed by atoms with Gasteiger partial charge in [0.2, 0.25) is 10.1 Å². The maximum atomic E-state index is 4.66. The minimum absolute atomic E-state index is 0.986. The summed E-state index contributed by atoms with van der Waals surface area (Å²) in [5.74, 6) is 0. The van der Waals surface area contributed by atoms with Crippen LogP contribution in [0.1, 0.15) is 16.8 Å². The summed E-state index contributed by atoms with van der Waals surface area (Å²) < 4.78 is 1.90. The first-order chi connectivity index (χ1) is 11.2. The number of aryl methyl sites for hydroxylation is 2. The summed E-state index contributed by atoms with van der Waals surface area (Å²) in [6.45, 7) is 9.46. The smallest absolute Gasteiger partial charge is 0.214 e. The van der Waals surface area contributed by atoms with Gasteiger partial charge in [0.25, 0.3) is 0 Å². The van der Waals surface area contributed by atoms with Crippen LogP contribution in [0.25, 0.3) is 4.96 Å². The second kappa shape index (κ2) is 5.94. The van der Waals surface area contributed by atoms with Crippen LogP contribution < -0.4 is 4.90 Å².